The normalized spacial score (nSPS) is 24.1. The molecule has 2 N–H and O–H groups in total. The number of carboxylic acids is 1. The fourth-order valence-electron chi connectivity index (χ4n) is 4.03. The van der Waals surface area contributed by atoms with E-state index in [4.69, 9.17) is 5.11 Å². The molecule has 1 aliphatic heterocycles. The maximum absolute atomic E-state index is 11.1. The topological polar surface area (TPSA) is 49.3 Å². The first-order valence-electron chi connectivity index (χ1n) is 8.56. The van der Waals surface area contributed by atoms with E-state index in [1.807, 2.05) is 12.1 Å². The first-order chi connectivity index (χ1) is 11.7. The average Bonchev–Trinajstić information content (AvgIpc) is 3.10. The Kier molecular flexibility index (Phi) is 3.64. The fraction of sp³-hybridized carbons (Fsp3) is 0.286. The van der Waals surface area contributed by atoms with Crippen LogP contribution in [0.15, 0.2) is 54.6 Å². The van der Waals surface area contributed by atoms with Gasteiger partial charge in [-0.3, -0.25) is 0 Å². The standard InChI is InChI=1S/C21H21NO2/c1-2-13-6-11-19-18(12-13)16-4-3-5-17(16)20(22-19)14-7-9-15(10-8-14)21(23)24/h3-4,6-12,16-17,20,22H,2,5H2,1H3,(H,23,24). The molecule has 2 aromatic rings. The van der Waals surface area contributed by atoms with Crippen molar-refractivity contribution >= 4 is 11.7 Å². The molecule has 0 bridgehead atoms. The maximum Gasteiger partial charge on any atom is 0.335 e. The van der Waals surface area contributed by atoms with Gasteiger partial charge in [-0.05, 0) is 53.6 Å². The summed E-state index contributed by atoms with van der Waals surface area (Å²) in [5, 5.41) is 12.8. The summed E-state index contributed by atoms with van der Waals surface area (Å²) in [5.41, 5.74) is 5.46. The second kappa shape index (κ2) is 5.82. The van der Waals surface area contributed by atoms with E-state index in [0.717, 1.165) is 18.4 Å². The molecular weight excluding hydrogens is 298 g/mol. The minimum atomic E-state index is -0.879. The van der Waals surface area contributed by atoms with E-state index in [1.165, 1.54) is 16.8 Å². The maximum atomic E-state index is 11.1. The van der Waals surface area contributed by atoms with Gasteiger partial charge in [0.15, 0.2) is 0 Å². The zero-order valence-corrected chi connectivity index (χ0v) is 13.7. The Labute approximate surface area is 142 Å². The SMILES string of the molecule is CCc1ccc2c(c1)C1C=CCC1C(c1ccc(C(=O)O)cc1)N2. The van der Waals surface area contributed by atoms with Gasteiger partial charge in [-0.1, -0.05) is 43.3 Å². The van der Waals surface area contributed by atoms with Crippen LogP contribution in [0.5, 0.6) is 0 Å². The molecule has 24 heavy (non-hydrogen) atoms. The number of carbonyl (C=O) groups is 1. The average molecular weight is 319 g/mol. The van der Waals surface area contributed by atoms with E-state index in [-0.39, 0.29) is 6.04 Å². The van der Waals surface area contributed by atoms with E-state index >= 15 is 0 Å². The molecule has 2 aliphatic rings. The molecule has 3 nitrogen and oxygen atoms in total. The smallest absolute Gasteiger partial charge is 0.335 e. The Hall–Kier alpha value is -2.55. The predicted molar refractivity (Wildman–Crippen MR) is 95.6 cm³/mol. The first kappa shape index (κ1) is 15.0. The van der Waals surface area contributed by atoms with Gasteiger partial charge in [-0.2, -0.15) is 0 Å². The number of allylic oxidation sites excluding steroid dienone is 2. The Morgan fingerprint density at radius 2 is 2.00 bits per heavy atom. The summed E-state index contributed by atoms with van der Waals surface area (Å²) < 4.78 is 0. The van der Waals surface area contributed by atoms with Crippen molar-refractivity contribution in [2.45, 2.75) is 31.7 Å². The molecule has 0 radical (unpaired) electrons. The lowest BCUT2D eigenvalue weighted by Crippen LogP contribution is -2.29. The third-order valence-electron chi connectivity index (χ3n) is 5.35. The zero-order chi connectivity index (χ0) is 16.7. The van der Waals surface area contributed by atoms with E-state index in [9.17, 15) is 4.79 Å². The highest BCUT2D eigenvalue weighted by atomic mass is 16.4. The molecule has 0 saturated heterocycles. The number of aromatic carboxylic acids is 1. The molecule has 3 heteroatoms. The second-order valence-electron chi connectivity index (χ2n) is 6.68. The summed E-state index contributed by atoms with van der Waals surface area (Å²) in [4.78, 5) is 11.1. The van der Waals surface area contributed by atoms with Gasteiger partial charge in [0.2, 0.25) is 0 Å². The van der Waals surface area contributed by atoms with Crippen LogP contribution in [0.4, 0.5) is 5.69 Å². The second-order valence-corrected chi connectivity index (χ2v) is 6.68. The van der Waals surface area contributed by atoms with Crippen molar-refractivity contribution in [3.63, 3.8) is 0 Å². The third kappa shape index (κ3) is 2.41. The van der Waals surface area contributed by atoms with E-state index < -0.39 is 5.97 Å². The predicted octanol–water partition coefficient (Wildman–Crippen LogP) is 4.77. The summed E-state index contributed by atoms with van der Waals surface area (Å²) in [6.45, 7) is 2.19. The molecule has 1 aliphatic carbocycles. The van der Waals surface area contributed by atoms with Crippen LogP contribution in [0, 0.1) is 5.92 Å². The summed E-state index contributed by atoms with van der Waals surface area (Å²) in [6.07, 6.45) is 6.72. The molecule has 0 aromatic heterocycles. The van der Waals surface area contributed by atoms with Crippen molar-refractivity contribution in [1.29, 1.82) is 0 Å². The van der Waals surface area contributed by atoms with Crippen LogP contribution in [0.1, 0.15) is 52.4 Å². The van der Waals surface area contributed by atoms with Gasteiger partial charge < -0.3 is 10.4 Å². The number of hydrogen-bond donors (Lipinski definition) is 2. The van der Waals surface area contributed by atoms with Crippen LogP contribution in [-0.2, 0) is 6.42 Å². The Balaban J connectivity index is 1.71. The van der Waals surface area contributed by atoms with Crippen LogP contribution >= 0.6 is 0 Å². The summed E-state index contributed by atoms with van der Waals surface area (Å²) >= 11 is 0. The number of benzene rings is 2. The van der Waals surface area contributed by atoms with Gasteiger partial charge >= 0.3 is 5.97 Å². The number of hydrogen-bond acceptors (Lipinski definition) is 2. The summed E-state index contributed by atoms with van der Waals surface area (Å²) in [7, 11) is 0. The number of fused-ring (bicyclic) bond motifs is 3. The zero-order valence-electron chi connectivity index (χ0n) is 13.7. The van der Waals surface area contributed by atoms with E-state index in [1.54, 1.807) is 12.1 Å². The van der Waals surface area contributed by atoms with Crippen molar-refractivity contribution < 1.29 is 9.90 Å². The molecule has 1 heterocycles. The van der Waals surface area contributed by atoms with Crippen molar-refractivity contribution in [3.05, 3.63) is 76.9 Å². The van der Waals surface area contributed by atoms with E-state index in [0.29, 0.717) is 17.4 Å². The molecule has 0 amide bonds. The molecule has 3 unspecified atom stereocenters. The van der Waals surface area contributed by atoms with Gasteiger partial charge in [-0.25, -0.2) is 4.79 Å². The molecule has 3 atom stereocenters. The third-order valence-corrected chi connectivity index (χ3v) is 5.35. The lowest BCUT2D eigenvalue weighted by Gasteiger charge is -2.37. The van der Waals surface area contributed by atoms with Gasteiger partial charge in [0.1, 0.15) is 0 Å². The van der Waals surface area contributed by atoms with Crippen LogP contribution in [0.25, 0.3) is 0 Å². The lowest BCUT2D eigenvalue weighted by atomic mass is 9.76. The Morgan fingerprint density at radius 1 is 1.21 bits per heavy atom. The van der Waals surface area contributed by atoms with Gasteiger partial charge in [0.05, 0.1) is 11.6 Å². The van der Waals surface area contributed by atoms with Crippen molar-refractivity contribution in [2.24, 2.45) is 5.92 Å². The van der Waals surface area contributed by atoms with Gasteiger partial charge in [-0.15, -0.1) is 0 Å². The van der Waals surface area contributed by atoms with Crippen LogP contribution in [0.2, 0.25) is 0 Å². The minimum absolute atomic E-state index is 0.216. The number of aryl methyl sites for hydroxylation is 1. The Morgan fingerprint density at radius 3 is 2.71 bits per heavy atom. The highest BCUT2D eigenvalue weighted by Gasteiger charge is 2.37. The van der Waals surface area contributed by atoms with Crippen molar-refractivity contribution in [3.8, 4) is 0 Å². The lowest BCUT2D eigenvalue weighted by molar-refractivity contribution is 0.0697. The number of carboxylic acid groups (broad SMARTS) is 1. The van der Waals surface area contributed by atoms with Gasteiger partial charge in [0.25, 0.3) is 0 Å². The van der Waals surface area contributed by atoms with Crippen LogP contribution in [0.3, 0.4) is 0 Å². The molecule has 0 spiro atoms. The first-order valence-corrected chi connectivity index (χ1v) is 8.56. The van der Waals surface area contributed by atoms with Gasteiger partial charge in [0, 0.05) is 11.6 Å². The molecule has 4 rings (SSSR count). The highest BCUT2D eigenvalue weighted by molar-refractivity contribution is 5.87. The highest BCUT2D eigenvalue weighted by Crippen LogP contribution is 2.49. The van der Waals surface area contributed by atoms with Crippen molar-refractivity contribution in [1.82, 2.24) is 0 Å². The van der Waals surface area contributed by atoms with Crippen molar-refractivity contribution in [2.75, 3.05) is 5.32 Å². The molecule has 0 fully saturated rings. The number of rotatable bonds is 3. The monoisotopic (exact) mass is 319 g/mol. The van der Waals surface area contributed by atoms with E-state index in [2.05, 4.69) is 42.6 Å². The molecule has 0 saturated carbocycles. The minimum Gasteiger partial charge on any atom is -0.478 e. The molecular formula is C21H21NO2. The summed E-state index contributed by atoms with van der Waals surface area (Å²) in [5.74, 6) is 0.0492. The Bertz CT molecular complexity index is 807. The quantitative estimate of drug-likeness (QED) is 0.801. The van der Waals surface area contributed by atoms with Crippen LogP contribution in [-0.4, -0.2) is 11.1 Å². The number of anilines is 1. The number of nitrogens with one attached hydrogen (secondary N) is 1. The fourth-order valence-corrected chi connectivity index (χ4v) is 4.03. The summed E-state index contributed by atoms with van der Waals surface area (Å²) in [6, 6.07) is 14.2. The molecule has 2 aromatic carbocycles. The van der Waals surface area contributed by atoms with Crippen LogP contribution < -0.4 is 5.32 Å². The molecule has 122 valence electrons. The largest absolute Gasteiger partial charge is 0.478 e.